The fraction of sp³-hybridized carbons (Fsp3) is 0.600. The maximum Gasteiger partial charge on any atom is 0.161 e. The summed E-state index contributed by atoms with van der Waals surface area (Å²) in [6, 6.07) is 6.00. The Hall–Kier alpha value is -1.26. The van der Waals surface area contributed by atoms with Crippen molar-refractivity contribution in [3.63, 3.8) is 0 Å². The molecule has 0 bridgehead atoms. The number of ether oxygens (including phenoxy) is 2. The molecule has 4 heteroatoms. The summed E-state index contributed by atoms with van der Waals surface area (Å²) in [5.74, 6) is 1.57. The summed E-state index contributed by atoms with van der Waals surface area (Å²) in [5.41, 5.74) is 1.19. The van der Waals surface area contributed by atoms with Gasteiger partial charge in [-0.05, 0) is 50.4 Å². The molecule has 0 saturated carbocycles. The van der Waals surface area contributed by atoms with E-state index in [1.165, 1.54) is 5.56 Å². The molecule has 4 nitrogen and oxygen atoms in total. The molecule has 0 heterocycles. The van der Waals surface area contributed by atoms with Crippen LogP contribution in [0.1, 0.15) is 31.7 Å². The number of rotatable bonds is 10. The summed E-state index contributed by atoms with van der Waals surface area (Å²) in [4.78, 5) is 0. The van der Waals surface area contributed by atoms with Crippen LogP contribution in [0.2, 0.25) is 0 Å². The van der Waals surface area contributed by atoms with E-state index in [0.29, 0.717) is 6.61 Å². The van der Waals surface area contributed by atoms with Crippen LogP contribution in [0.15, 0.2) is 18.2 Å². The van der Waals surface area contributed by atoms with Gasteiger partial charge in [-0.2, -0.15) is 0 Å². The van der Waals surface area contributed by atoms with Crippen molar-refractivity contribution in [3.8, 4) is 11.5 Å². The fourth-order valence-corrected chi connectivity index (χ4v) is 1.87. The van der Waals surface area contributed by atoms with Crippen LogP contribution in [-0.2, 0) is 6.54 Å². The number of nitrogens with one attached hydrogen (secondary N) is 1. The summed E-state index contributed by atoms with van der Waals surface area (Å²) in [7, 11) is 1.65. The molecule has 0 aliphatic rings. The highest BCUT2D eigenvalue weighted by Crippen LogP contribution is 2.27. The highest BCUT2D eigenvalue weighted by atomic mass is 16.5. The van der Waals surface area contributed by atoms with Gasteiger partial charge in [0.25, 0.3) is 0 Å². The first kappa shape index (κ1) is 15.8. The van der Waals surface area contributed by atoms with Gasteiger partial charge in [0.15, 0.2) is 11.5 Å². The lowest BCUT2D eigenvalue weighted by Crippen LogP contribution is -2.14. The molecule has 0 radical (unpaired) electrons. The zero-order valence-corrected chi connectivity index (χ0v) is 11.9. The molecule has 2 N–H and O–H groups in total. The smallest absolute Gasteiger partial charge is 0.161 e. The molecule has 1 rings (SSSR count). The van der Waals surface area contributed by atoms with Crippen LogP contribution < -0.4 is 14.8 Å². The van der Waals surface area contributed by atoms with Crippen molar-refractivity contribution in [1.82, 2.24) is 5.32 Å². The summed E-state index contributed by atoms with van der Waals surface area (Å²) in [5, 5.41) is 12.1. The predicted octanol–water partition coefficient (Wildman–Crippen LogP) is 2.35. The molecular formula is C15H25NO3. The van der Waals surface area contributed by atoms with E-state index in [4.69, 9.17) is 14.6 Å². The topological polar surface area (TPSA) is 50.7 Å². The van der Waals surface area contributed by atoms with E-state index in [9.17, 15) is 0 Å². The average molecular weight is 267 g/mol. The molecule has 0 spiro atoms. The molecular weight excluding hydrogens is 242 g/mol. The van der Waals surface area contributed by atoms with Gasteiger partial charge >= 0.3 is 0 Å². The molecule has 0 unspecified atom stereocenters. The Balaban J connectivity index is 2.39. The van der Waals surface area contributed by atoms with E-state index in [2.05, 4.69) is 5.32 Å². The minimum Gasteiger partial charge on any atom is -0.493 e. The molecule has 1 aromatic rings. The second-order valence-electron chi connectivity index (χ2n) is 4.38. The highest BCUT2D eigenvalue weighted by Gasteiger charge is 2.04. The van der Waals surface area contributed by atoms with Crippen LogP contribution in [0.25, 0.3) is 0 Å². The number of unbranched alkanes of at least 4 members (excludes halogenated alkanes) is 2. The average Bonchev–Trinajstić information content (AvgIpc) is 2.43. The van der Waals surface area contributed by atoms with Gasteiger partial charge in [-0.25, -0.2) is 0 Å². The van der Waals surface area contributed by atoms with Crippen LogP contribution in [0.4, 0.5) is 0 Å². The quantitative estimate of drug-likeness (QED) is 0.639. The Labute approximate surface area is 115 Å². The van der Waals surface area contributed by atoms with Gasteiger partial charge in [0, 0.05) is 13.2 Å². The summed E-state index contributed by atoms with van der Waals surface area (Å²) in [6.07, 6.45) is 3.05. The number of benzene rings is 1. The van der Waals surface area contributed by atoms with Gasteiger partial charge in [-0.3, -0.25) is 0 Å². The number of hydrogen-bond donors (Lipinski definition) is 2. The third kappa shape index (κ3) is 5.94. The Morgan fingerprint density at radius 1 is 1.16 bits per heavy atom. The minimum absolute atomic E-state index is 0.288. The van der Waals surface area contributed by atoms with E-state index in [1.807, 2.05) is 25.1 Å². The summed E-state index contributed by atoms with van der Waals surface area (Å²) < 4.78 is 10.8. The Morgan fingerprint density at radius 2 is 2.00 bits per heavy atom. The fourth-order valence-electron chi connectivity index (χ4n) is 1.87. The van der Waals surface area contributed by atoms with E-state index in [-0.39, 0.29) is 6.61 Å². The molecule has 0 saturated heterocycles. The van der Waals surface area contributed by atoms with E-state index >= 15 is 0 Å². The predicted molar refractivity (Wildman–Crippen MR) is 76.8 cm³/mol. The van der Waals surface area contributed by atoms with Crippen molar-refractivity contribution in [3.05, 3.63) is 23.8 Å². The zero-order valence-electron chi connectivity index (χ0n) is 11.9. The molecule has 19 heavy (non-hydrogen) atoms. The lowest BCUT2D eigenvalue weighted by molar-refractivity contribution is 0.283. The van der Waals surface area contributed by atoms with Gasteiger partial charge < -0.3 is 19.9 Å². The van der Waals surface area contributed by atoms with E-state index < -0.39 is 0 Å². The second kappa shape index (κ2) is 9.64. The van der Waals surface area contributed by atoms with Gasteiger partial charge in [0.05, 0.1) is 13.7 Å². The van der Waals surface area contributed by atoms with Crippen LogP contribution in [-0.4, -0.2) is 32.0 Å². The van der Waals surface area contributed by atoms with Crippen molar-refractivity contribution in [2.45, 2.75) is 32.7 Å². The first-order valence-electron chi connectivity index (χ1n) is 6.93. The monoisotopic (exact) mass is 267 g/mol. The van der Waals surface area contributed by atoms with Crippen LogP contribution >= 0.6 is 0 Å². The van der Waals surface area contributed by atoms with Gasteiger partial charge in [0.1, 0.15) is 0 Å². The van der Waals surface area contributed by atoms with Crippen molar-refractivity contribution >= 4 is 0 Å². The largest absolute Gasteiger partial charge is 0.493 e. The summed E-state index contributed by atoms with van der Waals surface area (Å²) in [6.45, 7) is 4.68. The number of hydrogen-bond acceptors (Lipinski definition) is 4. The molecule has 0 fully saturated rings. The van der Waals surface area contributed by atoms with E-state index in [0.717, 1.165) is 43.9 Å². The molecule has 0 aliphatic carbocycles. The molecule has 0 atom stereocenters. The first-order chi connectivity index (χ1) is 9.31. The molecule has 0 aromatic heterocycles. The summed E-state index contributed by atoms with van der Waals surface area (Å²) >= 11 is 0. The normalized spacial score (nSPS) is 10.5. The van der Waals surface area contributed by atoms with Gasteiger partial charge in [-0.15, -0.1) is 0 Å². The maximum atomic E-state index is 8.69. The Kier molecular flexibility index (Phi) is 8.02. The molecule has 108 valence electrons. The molecule has 0 amide bonds. The van der Waals surface area contributed by atoms with Crippen molar-refractivity contribution in [2.24, 2.45) is 0 Å². The zero-order chi connectivity index (χ0) is 13.9. The standard InChI is InChI=1S/C15H25NO3/c1-3-19-15-11-13(7-8-14(15)18-2)12-16-9-5-4-6-10-17/h7-8,11,16-17H,3-6,9-10,12H2,1-2H3. The molecule has 0 aliphatic heterocycles. The Bertz CT molecular complexity index is 355. The minimum atomic E-state index is 0.288. The van der Waals surface area contributed by atoms with Crippen molar-refractivity contribution in [1.29, 1.82) is 0 Å². The SMILES string of the molecule is CCOc1cc(CNCCCCCO)ccc1OC. The number of aliphatic hydroxyl groups is 1. The Morgan fingerprint density at radius 3 is 2.68 bits per heavy atom. The second-order valence-corrected chi connectivity index (χ2v) is 4.38. The number of aliphatic hydroxyl groups excluding tert-OH is 1. The molecule has 1 aromatic carbocycles. The van der Waals surface area contributed by atoms with Crippen LogP contribution in [0, 0.1) is 0 Å². The third-order valence-corrected chi connectivity index (χ3v) is 2.87. The van der Waals surface area contributed by atoms with Gasteiger partial charge in [0.2, 0.25) is 0 Å². The lowest BCUT2D eigenvalue weighted by Gasteiger charge is -2.11. The maximum absolute atomic E-state index is 8.69. The number of methoxy groups -OCH3 is 1. The lowest BCUT2D eigenvalue weighted by atomic mass is 10.2. The van der Waals surface area contributed by atoms with Gasteiger partial charge in [-0.1, -0.05) is 6.07 Å². The van der Waals surface area contributed by atoms with Crippen LogP contribution in [0.3, 0.4) is 0 Å². The van der Waals surface area contributed by atoms with Crippen LogP contribution in [0.5, 0.6) is 11.5 Å². The van der Waals surface area contributed by atoms with E-state index in [1.54, 1.807) is 7.11 Å². The highest BCUT2D eigenvalue weighted by molar-refractivity contribution is 5.42. The third-order valence-electron chi connectivity index (χ3n) is 2.87. The van der Waals surface area contributed by atoms with Crippen molar-refractivity contribution < 1.29 is 14.6 Å². The first-order valence-corrected chi connectivity index (χ1v) is 6.93. The van der Waals surface area contributed by atoms with Crippen molar-refractivity contribution in [2.75, 3.05) is 26.9 Å².